The van der Waals surface area contributed by atoms with Crippen LogP contribution in [0.25, 0.3) is 0 Å². The number of amides is 2. The molecule has 1 fully saturated rings. The van der Waals surface area contributed by atoms with E-state index in [9.17, 15) is 9.59 Å². The van der Waals surface area contributed by atoms with Crippen LogP contribution < -0.4 is 10.6 Å². The van der Waals surface area contributed by atoms with Gasteiger partial charge in [0, 0.05) is 17.6 Å². The number of carbonyl (C=O) groups excluding carboxylic acids is 2. The molecule has 2 rings (SSSR count). The Morgan fingerprint density at radius 2 is 2.09 bits per heavy atom. The molecule has 1 aromatic rings. The molecule has 0 aromatic heterocycles. The van der Waals surface area contributed by atoms with Crippen molar-refractivity contribution in [1.29, 1.82) is 0 Å². The highest BCUT2D eigenvalue weighted by atomic mass is 79.9. The average molecular weight is 368 g/mol. The van der Waals surface area contributed by atoms with Crippen molar-refractivity contribution in [3.63, 3.8) is 0 Å². The summed E-state index contributed by atoms with van der Waals surface area (Å²) in [7, 11) is 1.90. The van der Waals surface area contributed by atoms with E-state index >= 15 is 0 Å². The van der Waals surface area contributed by atoms with Crippen LogP contribution in [0.3, 0.4) is 0 Å². The van der Waals surface area contributed by atoms with Gasteiger partial charge in [0.15, 0.2) is 0 Å². The Morgan fingerprint density at radius 1 is 1.36 bits per heavy atom. The molecule has 2 N–H and O–H groups in total. The van der Waals surface area contributed by atoms with Crippen LogP contribution in [0.2, 0.25) is 0 Å². The van der Waals surface area contributed by atoms with Crippen molar-refractivity contribution in [3.8, 4) is 0 Å². The molecule has 22 heavy (non-hydrogen) atoms. The summed E-state index contributed by atoms with van der Waals surface area (Å²) in [6, 6.07) is 7.63. The average Bonchev–Trinajstić information content (AvgIpc) is 2.66. The van der Waals surface area contributed by atoms with E-state index in [-0.39, 0.29) is 18.4 Å². The number of hydrogen-bond acceptors (Lipinski definition) is 3. The molecule has 6 heteroatoms. The number of hydrogen-bond donors (Lipinski definition) is 2. The topological polar surface area (TPSA) is 61.4 Å². The first kappa shape index (κ1) is 17.0. The zero-order valence-corrected chi connectivity index (χ0v) is 14.4. The van der Waals surface area contributed by atoms with Gasteiger partial charge in [-0.25, -0.2) is 0 Å². The van der Waals surface area contributed by atoms with E-state index in [1.54, 1.807) is 0 Å². The van der Waals surface area contributed by atoms with E-state index in [0.717, 1.165) is 22.9 Å². The van der Waals surface area contributed by atoms with Gasteiger partial charge >= 0.3 is 0 Å². The van der Waals surface area contributed by atoms with E-state index in [2.05, 4.69) is 26.6 Å². The molecule has 1 heterocycles. The fraction of sp³-hybridized carbons (Fsp3) is 0.500. The van der Waals surface area contributed by atoms with Crippen LogP contribution in [0.1, 0.15) is 24.8 Å². The van der Waals surface area contributed by atoms with E-state index in [1.165, 1.54) is 0 Å². The summed E-state index contributed by atoms with van der Waals surface area (Å²) in [6.45, 7) is 1.67. The van der Waals surface area contributed by atoms with Gasteiger partial charge in [-0.2, -0.15) is 0 Å². The smallest absolute Gasteiger partial charge is 0.242 e. The Morgan fingerprint density at radius 3 is 2.82 bits per heavy atom. The number of likely N-dealkylation sites (N-methyl/N-ethyl adjacent to an activating group) is 1. The molecule has 0 radical (unpaired) electrons. The molecule has 1 aromatic carbocycles. The van der Waals surface area contributed by atoms with E-state index < -0.39 is 6.04 Å². The molecule has 1 aliphatic heterocycles. The van der Waals surface area contributed by atoms with Gasteiger partial charge in [0.25, 0.3) is 0 Å². The standard InChI is InChI=1S/C16H22BrN3O2/c1-20(10-12-5-7-13(17)8-6-12)11-15(21)19-14-4-2-3-9-18-16(14)22/h5-8,14H,2-4,9-11H2,1H3,(H,18,22)(H,19,21)/t14-/m0/s1. The van der Waals surface area contributed by atoms with Gasteiger partial charge in [-0.05, 0) is 44.0 Å². The van der Waals surface area contributed by atoms with Crippen LogP contribution in [0.5, 0.6) is 0 Å². The molecule has 0 spiro atoms. The maximum Gasteiger partial charge on any atom is 0.242 e. The van der Waals surface area contributed by atoms with Gasteiger partial charge in [-0.15, -0.1) is 0 Å². The molecule has 0 unspecified atom stereocenters. The third-order valence-corrected chi connectivity index (χ3v) is 4.18. The van der Waals surface area contributed by atoms with E-state index in [0.29, 0.717) is 19.5 Å². The highest BCUT2D eigenvalue weighted by Crippen LogP contribution is 2.11. The number of carbonyl (C=O) groups is 2. The molecule has 2 amide bonds. The molecule has 120 valence electrons. The number of benzene rings is 1. The zero-order chi connectivity index (χ0) is 15.9. The van der Waals surface area contributed by atoms with Gasteiger partial charge in [-0.3, -0.25) is 14.5 Å². The molecule has 0 aliphatic carbocycles. The normalized spacial score (nSPS) is 18.7. The second kappa shape index (κ2) is 8.29. The Hall–Kier alpha value is -1.40. The lowest BCUT2D eigenvalue weighted by molar-refractivity contribution is -0.129. The number of rotatable bonds is 5. The highest BCUT2D eigenvalue weighted by molar-refractivity contribution is 9.10. The van der Waals surface area contributed by atoms with Crippen LogP contribution >= 0.6 is 15.9 Å². The third kappa shape index (κ3) is 5.42. The Balaban J connectivity index is 1.80. The van der Waals surface area contributed by atoms with Crippen LogP contribution in [-0.4, -0.2) is 42.9 Å². The molecular formula is C16H22BrN3O2. The molecule has 1 saturated heterocycles. The second-order valence-corrected chi connectivity index (χ2v) is 6.62. The predicted octanol–water partition coefficient (Wildman–Crippen LogP) is 1.67. The lowest BCUT2D eigenvalue weighted by atomic mass is 10.1. The van der Waals surface area contributed by atoms with Gasteiger partial charge in [0.1, 0.15) is 6.04 Å². The van der Waals surface area contributed by atoms with Gasteiger partial charge < -0.3 is 10.6 Å². The van der Waals surface area contributed by atoms with Crippen molar-refractivity contribution >= 4 is 27.7 Å². The van der Waals surface area contributed by atoms with Gasteiger partial charge in [-0.1, -0.05) is 28.1 Å². The molecule has 1 aliphatic rings. The second-order valence-electron chi connectivity index (χ2n) is 5.71. The summed E-state index contributed by atoms with van der Waals surface area (Å²) in [5.74, 6) is -0.178. The van der Waals surface area contributed by atoms with Crippen molar-refractivity contribution in [2.24, 2.45) is 0 Å². The first-order valence-electron chi connectivity index (χ1n) is 7.54. The summed E-state index contributed by atoms with van der Waals surface area (Å²) in [6.07, 6.45) is 2.65. The number of halogens is 1. The van der Waals surface area contributed by atoms with Crippen LogP contribution in [0.4, 0.5) is 0 Å². The summed E-state index contributed by atoms with van der Waals surface area (Å²) in [5.41, 5.74) is 1.14. The molecule has 5 nitrogen and oxygen atoms in total. The van der Waals surface area contributed by atoms with Crippen LogP contribution in [0, 0.1) is 0 Å². The Bertz CT molecular complexity index is 519. The van der Waals surface area contributed by atoms with Gasteiger partial charge in [0.2, 0.25) is 11.8 Å². The number of nitrogens with one attached hydrogen (secondary N) is 2. The third-order valence-electron chi connectivity index (χ3n) is 3.65. The van der Waals surface area contributed by atoms with Crippen LogP contribution in [-0.2, 0) is 16.1 Å². The van der Waals surface area contributed by atoms with E-state index in [1.807, 2.05) is 36.2 Å². The predicted molar refractivity (Wildman–Crippen MR) is 89.3 cm³/mol. The fourth-order valence-corrected chi connectivity index (χ4v) is 2.78. The zero-order valence-electron chi connectivity index (χ0n) is 12.8. The van der Waals surface area contributed by atoms with Crippen molar-refractivity contribution in [1.82, 2.24) is 15.5 Å². The lowest BCUT2D eigenvalue weighted by Crippen LogP contribution is -2.48. The van der Waals surface area contributed by atoms with Crippen molar-refractivity contribution in [2.45, 2.75) is 31.8 Å². The largest absolute Gasteiger partial charge is 0.354 e. The Kier molecular flexibility index (Phi) is 6.39. The minimum absolute atomic E-state index is 0.0681. The summed E-state index contributed by atoms with van der Waals surface area (Å²) < 4.78 is 1.04. The minimum Gasteiger partial charge on any atom is -0.354 e. The molecule has 0 bridgehead atoms. The quantitative estimate of drug-likeness (QED) is 0.831. The lowest BCUT2D eigenvalue weighted by Gasteiger charge is -2.19. The minimum atomic E-state index is -0.393. The SMILES string of the molecule is CN(CC(=O)N[C@H]1CCCCNC1=O)Cc1ccc(Br)cc1. The fourth-order valence-electron chi connectivity index (χ4n) is 2.52. The monoisotopic (exact) mass is 367 g/mol. The number of nitrogens with zero attached hydrogens (tertiary/aromatic N) is 1. The first-order chi connectivity index (χ1) is 10.5. The van der Waals surface area contributed by atoms with Gasteiger partial charge in [0.05, 0.1) is 6.54 Å². The summed E-state index contributed by atoms with van der Waals surface area (Å²) in [5, 5.41) is 5.66. The Labute approximate surface area is 139 Å². The van der Waals surface area contributed by atoms with Crippen LogP contribution in [0.15, 0.2) is 28.7 Å². The van der Waals surface area contributed by atoms with Crippen molar-refractivity contribution < 1.29 is 9.59 Å². The van der Waals surface area contributed by atoms with Crippen molar-refractivity contribution in [3.05, 3.63) is 34.3 Å². The molecule has 0 saturated carbocycles. The maximum absolute atomic E-state index is 12.1. The van der Waals surface area contributed by atoms with Crippen molar-refractivity contribution in [2.75, 3.05) is 20.1 Å². The summed E-state index contributed by atoms with van der Waals surface area (Å²) in [4.78, 5) is 25.8. The van der Waals surface area contributed by atoms with E-state index in [4.69, 9.17) is 0 Å². The maximum atomic E-state index is 12.1. The highest BCUT2D eigenvalue weighted by Gasteiger charge is 2.22. The molecular weight excluding hydrogens is 346 g/mol. The summed E-state index contributed by atoms with van der Waals surface area (Å²) >= 11 is 3.40. The molecule has 1 atom stereocenters. The first-order valence-corrected chi connectivity index (χ1v) is 8.34.